The Labute approximate surface area is 151 Å². The number of hydrogen-bond donors (Lipinski definition) is 1. The topological polar surface area (TPSA) is 74.9 Å². The molecular weight excluding hydrogens is 353 g/mol. The summed E-state index contributed by atoms with van der Waals surface area (Å²) in [6.45, 7) is 4.13. The van der Waals surface area contributed by atoms with Crippen LogP contribution in [0, 0.1) is 17.1 Å². The minimum Gasteiger partial charge on any atom is -0.340 e. The highest BCUT2D eigenvalue weighted by Crippen LogP contribution is 2.34. The van der Waals surface area contributed by atoms with Crippen LogP contribution in [0.25, 0.3) is 22.2 Å². The third-order valence-corrected chi connectivity index (χ3v) is 5.57. The third kappa shape index (κ3) is 3.16. The van der Waals surface area contributed by atoms with Crippen molar-refractivity contribution in [2.45, 2.75) is 20.4 Å². The molecule has 0 aliphatic rings. The molecule has 0 unspecified atom stereocenters. The van der Waals surface area contributed by atoms with E-state index in [1.54, 1.807) is 37.3 Å². The van der Waals surface area contributed by atoms with Crippen LogP contribution in [0.2, 0.25) is 0 Å². The Morgan fingerprint density at radius 3 is 2.42 bits per heavy atom. The smallest absolute Gasteiger partial charge is 0.232 e. The number of fused-ring (bicyclic) bond motifs is 1. The molecule has 0 fully saturated rings. The molecule has 0 saturated heterocycles. The Bertz CT molecular complexity index is 1110. The monoisotopic (exact) mass is 371 g/mol. The van der Waals surface area contributed by atoms with Gasteiger partial charge in [0.1, 0.15) is 11.9 Å². The average molecular weight is 371 g/mol. The number of rotatable bonds is 5. The Hall–Kier alpha value is -2.85. The maximum Gasteiger partial charge on any atom is 0.232 e. The minimum atomic E-state index is -3.35. The number of nitrogens with one attached hydrogen (secondary N) is 1. The van der Waals surface area contributed by atoms with Crippen molar-refractivity contribution in [2.75, 3.05) is 10.5 Å². The highest BCUT2D eigenvalue weighted by Gasteiger charge is 2.18. The minimum absolute atomic E-state index is 0.0109. The first-order chi connectivity index (χ1) is 12.4. The standard InChI is InChI=1S/C19H18FN3O2S/c1-3-23-18-10-7-14(20)11-16(18)17(12-21)19(23)13-5-8-15(9-6-13)22-26(24,25)4-2/h5-11,22H,3-4H2,1-2H3. The maximum absolute atomic E-state index is 13.7. The van der Waals surface area contributed by atoms with E-state index in [-0.39, 0.29) is 5.75 Å². The van der Waals surface area contributed by atoms with Gasteiger partial charge >= 0.3 is 0 Å². The van der Waals surface area contributed by atoms with Crippen LogP contribution in [0.3, 0.4) is 0 Å². The predicted octanol–water partition coefficient (Wildman–Crippen LogP) is 4.10. The molecule has 3 rings (SSSR count). The number of anilines is 1. The van der Waals surface area contributed by atoms with E-state index in [1.165, 1.54) is 12.1 Å². The van der Waals surface area contributed by atoms with Crippen LogP contribution in [0.15, 0.2) is 42.5 Å². The molecule has 0 bridgehead atoms. The fourth-order valence-corrected chi connectivity index (χ4v) is 3.66. The summed E-state index contributed by atoms with van der Waals surface area (Å²) in [5.41, 5.74) is 3.11. The van der Waals surface area contributed by atoms with Crippen LogP contribution in [0.5, 0.6) is 0 Å². The van der Waals surface area contributed by atoms with Gasteiger partial charge in [-0.25, -0.2) is 12.8 Å². The summed E-state index contributed by atoms with van der Waals surface area (Å²) in [5.74, 6) is -0.402. The molecule has 1 N–H and O–H groups in total. The molecule has 1 heterocycles. The van der Waals surface area contributed by atoms with Crippen molar-refractivity contribution in [3.8, 4) is 17.3 Å². The van der Waals surface area contributed by atoms with E-state index < -0.39 is 15.8 Å². The highest BCUT2D eigenvalue weighted by atomic mass is 32.2. The zero-order valence-corrected chi connectivity index (χ0v) is 15.3. The lowest BCUT2D eigenvalue weighted by molar-refractivity contribution is 0.602. The number of nitriles is 1. The Morgan fingerprint density at radius 2 is 1.85 bits per heavy atom. The molecule has 134 valence electrons. The van der Waals surface area contributed by atoms with Gasteiger partial charge in [0.15, 0.2) is 0 Å². The number of sulfonamides is 1. The van der Waals surface area contributed by atoms with Crippen molar-refractivity contribution in [3.05, 3.63) is 53.8 Å². The number of benzene rings is 2. The molecule has 3 aromatic rings. The first-order valence-electron chi connectivity index (χ1n) is 8.23. The van der Waals surface area contributed by atoms with Gasteiger partial charge in [-0.2, -0.15) is 5.26 Å². The molecule has 5 nitrogen and oxygen atoms in total. The second-order valence-corrected chi connectivity index (χ2v) is 7.83. The summed E-state index contributed by atoms with van der Waals surface area (Å²) in [6, 6.07) is 13.4. The summed E-state index contributed by atoms with van der Waals surface area (Å²) < 4.78 is 41.5. The molecule has 0 spiro atoms. The van der Waals surface area contributed by atoms with Gasteiger partial charge in [0.25, 0.3) is 0 Å². The molecule has 0 saturated carbocycles. The molecule has 0 atom stereocenters. The summed E-state index contributed by atoms with van der Waals surface area (Å²) in [7, 11) is -3.35. The van der Waals surface area contributed by atoms with Crippen LogP contribution in [0.4, 0.5) is 10.1 Å². The molecule has 0 aliphatic heterocycles. The molecule has 0 amide bonds. The summed E-state index contributed by atoms with van der Waals surface area (Å²) >= 11 is 0. The van der Waals surface area contributed by atoms with Crippen LogP contribution in [0.1, 0.15) is 19.4 Å². The summed E-state index contributed by atoms with van der Waals surface area (Å²) in [6.07, 6.45) is 0. The summed E-state index contributed by atoms with van der Waals surface area (Å²) in [5, 5.41) is 10.2. The van der Waals surface area contributed by atoms with Crippen LogP contribution < -0.4 is 4.72 Å². The lowest BCUT2D eigenvalue weighted by Crippen LogP contribution is -2.14. The Balaban J connectivity index is 2.15. The van der Waals surface area contributed by atoms with E-state index in [4.69, 9.17) is 0 Å². The van der Waals surface area contributed by atoms with Crippen LogP contribution >= 0.6 is 0 Å². The van der Waals surface area contributed by atoms with E-state index in [9.17, 15) is 18.1 Å². The quantitative estimate of drug-likeness (QED) is 0.734. The number of nitrogens with zero attached hydrogens (tertiary/aromatic N) is 2. The molecular formula is C19H18FN3O2S. The number of aryl methyl sites for hydroxylation is 1. The van der Waals surface area contributed by atoms with E-state index in [1.807, 2.05) is 11.5 Å². The fourth-order valence-electron chi connectivity index (χ4n) is 3.02. The largest absolute Gasteiger partial charge is 0.340 e. The first-order valence-corrected chi connectivity index (χ1v) is 9.88. The third-order valence-electron chi connectivity index (χ3n) is 4.27. The summed E-state index contributed by atoms with van der Waals surface area (Å²) in [4.78, 5) is 0. The zero-order valence-electron chi connectivity index (χ0n) is 14.5. The zero-order chi connectivity index (χ0) is 18.9. The number of hydrogen-bond acceptors (Lipinski definition) is 3. The average Bonchev–Trinajstić information content (AvgIpc) is 2.94. The van der Waals surface area contributed by atoms with Crippen molar-refractivity contribution < 1.29 is 12.8 Å². The van der Waals surface area contributed by atoms with Gasteiger partial charge in [-0.05, 0) is 49.7 Å². The second-order valence-electron chi connectivity index (χ2n) is 5.82. The SMILES string of the molecule is CCn1c(-c2ccc(NS(=O)(=O)CC)cc2)c(C#N)c2cc(F)ccc21. The van der Waals surface area contributed by atoms with E-state index >= 15 is 0 Å². The van der Waals surface area contributed by atoms with E-state index in [0.717, 1.165) is 11.1 Å². The van der Waals surface area contributed by atoms with Gasteiger partial charge in [-0.3, -0.25) is 4.72 Å². The molecule has 1 aromatic heterocycles. The van der Waals surface area contributed by atoms with Gasteiger partial charge in [0, 0.05) is 17.6 Å². The normalized spacial score (nSPS) is 11.5. The van der Waals surface area contributed by atoms with E-state index in [2.05, 4.69) is 10.8 Å². The molecule has 7 heteroatoms. The van der Waals surface area contributed by atoms with Gasteiger partial charge in [0.05, 0.1) is 22.5 Å². The van der Waals surface area contributed by atoms with E-state index in [0.29, 0.717) is 28.9 Å². The molecule has 0 aliphatic carbocycles. The van der Waals surface area contributed by atoms with Crippen molar-refractivity contribution in [1.29, 1.82) is 5.26 Å². The first kappa shape index (κ1) is 18.0. The number of halogens is 1. The number of aromatic nitrogens is 1. The van der Waals surface area contributed by atoms with Crippen molar-refractivity contribution >= 4 is 26.6 Å². The van der Waals surface area contributed by atoms with Gasteiger partial charge in [0.2, 0.25) is 10.0 Å². The predicted molar refractivity (Wildman–Crippen MR) is 101 cm³/mol. The lowest BCUT2D eigenvalue weighted by Gasteiger charge is -2.10. The molecule has 0 radical (unpaired) electrons. The van der Waals surface area contributed by atoms with Crippen molar-refractivity contribution in [2.24, 2.45) is 0 Å². The van der Waals surface area contributed by atoms with Gasteiger partial charge in [-0.15, -0.1) is 0 Å². The highest BCUT2D eigenvalue weighted by molar-refractivity contribution is 7.92. The fraction of sp³-hybridized carbons (Fsp3) is 0.211. The second kappa shape index (κ2) is 6.81. The van der Waals surface area contributed by atoms with Crippen LogP contribution in [-0.4, -0.2) is 18.7 Å². The van der Waals surface area contributed by atoms with Crippen molar-refractivity contribution in [3.63, 3.8) is 0 Å². The van der Waals surface area contributed by atoms with Crippen LogP contribution in [-0.2, 0) is 16.6 Å². The lowest BCUT2D eigenvalue weighted by atomic mass is 10.1. The maximum atomic E-state index is 13.7. The Kier molecular flexibility index (Phi) is 4.70. The van der Waals surface area contributed by atoms with Gasteiger partial charge < -0.3 is 4.57 Å². The van der Waals surface area contributed by atoms with Crippen molar-refractivity contribution in [1.82, 2.24) is 4.57 Å². The van der Waals surface area contributed by atoms with Gasteiger partial charge in [-0.1, -0.05) is 12.1 Å². The molecule has 26 heavy (non-hydrogen) atoms. The molecule has 2 aromatic carbocycles. The Morgan fingerprint density at radius 1 is 1.15 bits per heavy atom.